The number of rotatable bonds is 4. The van der Waals surface area contributed by atoms with Crippen LogP contribution in [0.1, 0.15) is 0 Å². The number of carbonyl (C=O) groups excluding carboxylic acids is 2. The Kier molecular flexibility index (Phi) is 10.8. The third kappa shape index (κ3) is 13.2. The van der Waals surface area contributed by atoms with E-state index in [1.54, 1.807) is 0 Å². The van der Waals surface area contributed by atoms with Crippen LogP contribution in [0.15, 0.2) is 25.8 Å². The summed E-state index contributed by atoms with van der Waals surface area (Å²) in [6.45, 7) is 9.51. The van der Waals surface area contributed by atoms with E-state index in [2.05, 4.69) is 29.8 Å². The van der Waals surface area contributed by atoms with Gasteiger partial charge in [-0.2, -0.15) is 0 Å². The second-order valence-electron chi connectivity index (χ2n) is 1.66. The molecule has 0 unspecified atom stereocenters. The van der Waals surface area contributed by atoms with Gasteiger partial charge in [0.05, 0.1) is 6.54 Å². The Hall–Kier alpha value is -1.78. The van der Waals surface area contributed by atoms with Crippen LogP contribution in [0.3, 0.4) is 0 Å². The fourth-order valence-corrected chi connectivity index (χ4v) is 0.385. The molecule has 0 rings (SSSR count). The number of esters is 1. The molecule has 0 saturated heterocycles. The van der Waals surface area contributed by atoms with Crippen molar-refractivity contribution < 1.29 is 14.3 Å². The van der Waals surface area contributed by atoms with Crippen LogP contribution in [0.25, 0.3) is 0 Å². The molecule has 0 fully saturated rings. The molecule has 0 bridgehead atoms. The van der Waals surface area contributed by atoms with Crippen molar-refractivity contribution in [1.29, 1.82) is 0 Å². The summed E-state index contributed by atoms with van der Waals surface area (Å²) < 4.78 is 4.51. The first-order chi connectivity index (χ1) is 6.16. The predicted molar refractivity (Wildman–Crippen MR) is 50.0 cm³/mol. The number of hydrogen-bond donors (Lipinski definition) is 2. The Balaban J connectivity index is 0. The molecule has 0 heterocycles. The minimum Gasteiger partial charge on any atom is -0.461 e. The summed E-state index contributed by atoms with van der Waals surface area (Å²) in [5.41, 5.74) is 4.73. The highest BCUT2D eigenvalue weighted by molar-refractivity contribution is 5.81. The van der Waals surface area contributed by atoms with E-state index in [1.807, 2.05) is 0 Å². The molecule has 0 spiro atoms. The molecule has 2 amide bonds. The van der Waals surface area contributed by atoms with Crippen LogP contribution in [0, 0.1) is 0 Å². The molecule has 0 aromatic heterocycles. The van der Waals surface area contributed by atoms with Crippen LogP contribution in [-0.2, 0) is 9.53 Å². The van der Waals surface area contributed by atoms with Gasteiger partial charge in [0, 0.05) is 6.08 Å². The molecule has 0 aromatic rings. The van der Waals surface area contributed by atoms with Gasteiger partial charge < -0.3 is 15.8 Å². The van der Waals surface area contributed by atoms with Gasteiger partial charge in [-0.05, 0) is 0 Å². The molecule has 0 radical (unpaired) electrons. The lowest BCUT2D eigenvalue weighted by Gasteiger charge is -2.01. The third-order valence-electron chi connectivity index (χ3n) is 0.812. The molecule has 5 nitrogen and oxygen atoms in total. The standard InChI is InChI=1S/C6H10N2O3.C2H4/c1-2-5(9)11-4-3-8-6(7)10;1-2/h2H,1,3-4H2,(H3,7,8,10);1-2H2. The Labute approximate surface area is 77.2 Å². The Bertz CT molecular complexity index is 180. The molecular formula is C8H14N2O3. The monoisotopic (exact) mass is 186 g/mol. The third-order valence-corrected chi connectivity index (χ3v) is 0.812. The number of nitrogens with two attached hydrogens (primary N) is 1. The summed E-state index contributed by atoms with van der Waals surface area (Å²) in [6.07, 6.45) is 1.05. The number of amides is 2. The van der Waals surface area contributed by atoms with E-state index < -0.39 is 12.0 Å². The molecule has 3 N–H and O–H groups in total. The molecule has 0 aliphatic heterocycles. The smallest absolute Gasteiger partial charge is 0.330 e. The van der Waals surface area contributed by atoms with E-state index in [0.29, 0.717) is 0 Å². The molecule has 0 aromatic carbocycles. The van der Waals surface area contributed by atoms with E-state index in [0.717, 1.165) is 6.08 Å². The quantitative estimate of drug-likeness (QED) is 0.284. The average Bonchev–Trinajstić information content (AvgIpc) is 2.15. The number of urea groups is 1. The van der Waals surface area contributed by atoms with Crippen LogP contribution < -0.4 is 11.1 Å². The fraction of sp³-hybridized carbons (Fsp3) is 0.250. The highest BCUT2D eigenvalue weighted by Crippen LogP contribution is 1.76. The predicted octanol–water partition coefficient (Wildman–Crippen LogP) is 0.186. The highest BCUT2D eigenvalue weighted by atomic mass is 16.5. The van der Waals surface area contributed by atoms with Crippen molar-refractivity contribution in [2.45, 2.75) is 0 Å². The van der Waals surface area contributed by atoms with E-state index >= 15 is 0 Å². The summed E-state index contributed by atoms with van der Waals surface area (Å²) in [5, 5.41) is 2.25. The summed E-state index contributed by atoms with van der Waals surface area (Å²) in [5.74, 6) is -0.517. The van der Waals surface area contributed by atoms with Crippen LogP contribution in [0.2, 0.25) is 0 Å². The van der Waals surface area contributed by atoms with Gasteiger partial charge in [-0.1, -0.05) is 6.58 Å². The van der Waals surface area contributed by atoms with Gasteiger partial charge in [-0.3, -0.25) is 0 Å². The normalized spacial score (nSPS) is 7.38. The lowest BCUT2D eigenvalue weighted by atomic mass is 10.6. The largest absolute Gasteiger partial charge is 0.461 e. The molecule has 74 valence electrons. The van der Waals surface area contributed by atoms with E-state index in [9.17, 15) is 9.59 Å². The molecule has 0 saturated carbocycles. The van der Waals surface area contributed by atoms with Crippen molar-refractivity contribution in [2.75, 3.05) is 13.2 Å². The molecule has 0 aliphatic carbocycles. The lowest BCUT2D eigenvalue weighted by Crippen LogP contribution is -2.32. The fourth-order valence-electron chi connectivity index (χ4n) is 0.385. The zero-order chi connectivity index (χ0) is 10.7. The first kappa shape index (κ1) is 13.8. The number of ether oxygens (including phenoxy) is 1. The van der Waals surface area contributed by atoms with Gasteiger partial charge in [0.1, 0.15) is 6.61 Å². The number of carbonyl (C=O) groups is 2. The summed E-state index contributed by atoms with van der Waals surface area (Å²) in [4.78, 5) is 20.4. The minimum absolute atomic E-state index is 0.105. The molecule has 5 heteroatoms. The zero-order valence-electron chi connectivity index (χ0n) is 7.41. The highest BCUT2D eigenvalue weighted by Gasteiger charge is 1.94. The number of nitrogens with one attached hydrogen (secondary N) is 1. The average molecular weight is 186 g/mol. The molecular weight excluding hydrogens is 172 g/mol. The SMILES string of the molecule is C=C.C=CC(=O)OCCNC(N)=O. The lowest BCUT2D eigenvalue weighted by molar-refractivity contribution is -0.137. The van der Waals surface area contributed by atoms with E-state index in [1.165, 1.54) is 0 Å². The van der Waals surface area contributed by atoms with Crippen molar-refractivity contribution in [1.82, 2.24) is 5.32 Å². The van der Waals surface area contributed by atoms with Crippen LogP contribution >= 0.6 is 0 Å². The summed E-state index contributed by atoms with van der Waals surface area (Å²) >= 11 is 0. The van der Waals surface area contributed by atoms with Crippen LogP contribution in [0.5, 0.6) is 0 Å². The van der Waals surface area contributed by atoms with Crippen molar-refractivity contribution in [3.05, 3.63) is 25.8 Å². The maximum absolute atomic E-state index is 10.4. The van der Waals surface area contributed by atoms with Crippen molar-refractivity contribution in [2.24, 2.45) is 5.73 Å². The number of hydrogen-bond acceptors (Lipinski definition) is 3. The van der Waals surface area contributed by atoms with Crippen molar-refractivity contribution in [3.63, 3.8) is 0 Å². The van der Waals surface area contributed by atoms with Gasteiger partial charge in [0.15, 0.2) is 0 Å². The Morgan fingerprint density at radius 2 is 2.00 bits per heavy atom. The van der Waals surface area contributed by atoms with Crippen LogP contribution in [0.4, 0.5) is 4.79 Å². The van der Waals surface area contributed by atoms with E-state index in [-0.39, 0.29) is 13.2 Å². The molecule has 0 atom stereocenters. The summed E-state index contributed by atoms with van der Waals surface area (Å²) in [6, 6.07) is -0.639. The van der Waals surface area contributed by atoms with Crippen molar-refractivity contribution >= 4 is 12.0 Å². The second-order valence-corrected chi connectivity index (χ2v) is 1.66. The first-order valence-electron chi connectivity index (χ1n) is 3.49. The van der Waals surface area contributed by atoms with Gasteiger partial charge in [-0.25, -0.2) is 9.59 Å². The first-order valence-corrected chi connectivity index (χ1v) is 3.49. The Morgan fingerprint density at radius 1 is 1.46 bits per heavy atom. The van der Waals surface area contributed by atoms with Crippen LogP contribution in [-0.4, -0.2) is 25.2 Å². The van der Waals surface area contributed by atoms with Crippen molar-refractivity contribution in [3.8, 4) is 0 Å². The molecule has 0 aliphatic rings. The van der Waals surface area contributed by atoms with E-state index in [4.69, 9.17) is 5.73 Å². The summed E-state index contributed by atoms with van der Waals surface area (Å²) in [7, 11) is 0. The maximum atomic E-state index is 10.4. The van der Waals surface area contributed by atoms with Gasteiger partial charge in [0.25, 0.3) is 0 Å². The van der Waals surface area contributed by atoms with Gasteiger partial charge in [0.2, 0.25) is 0 Å². The minimum atomic E-state index is -0.639. The molecule has 13 heavy (non-hydrogen) atoms. The maximum Gasteiger partial charge on any atom is 0.330 e. The zero-order valence-corrected chi connectivity index (χ0v) is 7.41. The topological polar surface area (TPSA) is 81.4 Å². The van der Waals surface area contributed by atoms with Gasteiger partial charge in [-0.15, -0.1) is 13.2 Å². The Morgan fingerprint density at radius 3 is 2.38 bits per heavy atom. The van der Waals surface area contributed by atoms with Gasteiger partial charge >= 0.3 is 12.0 Å². The number of primary amides is 1. The second kappa shape index (κ2) is 10.2.